The molecule has 3 rings (SSSR count). The fraction of sp³-hybridized carbons (Fsp3) is 0.100. The molecule has 0 saturated heterocycles. The number of halogens is 3. The maximum Gasteiger partial charge on any atom is 0.416 e. The molecule has 0 unspecified atom stereocenters. The first-order valence-electron chi connectivity index (χ1n) is 8.21. The molecule has 2 aromatic carbocycles. The molecule has 3 aromatic rings. The maximum atomic E-state index is 12.6. The van der Waals surface area contributed by atoms with Crippen molar-refractivity contribution in [1.29, 1.82) is 0 Å². The Kier molecular flexibility index (Phi) is 5.49. The van der Waals surface area contributed by atoms with E-state index in [2.05, 4.69) is 15.6 Å². The van der Waals surface area contributed by atoms with Crippen molar-refractivity contribution >= 4 is 23.0 Å². The Hall–Kier alpha value is -3.55. The first-order chi connectivity index (χ1) is 13.4. The zero-order chi connectivity index (χ0) is 20.1. The Labute approximate surface area is 159 Å². The molecule has 0 bridgehead atoms. The highest BCUT2D eigenvalue weighted by molar-refractivity contribution is 6.03. The summed E-state index contributed by atoms with van der Waals surface area (Å²) in [6.45, 7) is 0. The lowest BCUT2D eigenvalue weighted by molar-refractivity contribution is -0.137. The van der Waals surface area contributed by atoms with Gasteiger partial charge in [0.2, 0.25) is 0 Å². The zero-order valence-electron chi connectivity index (χ0n) is 14.7. The van der Waals surface area contributed by atoms with Gasteiger partial charge in [0, 0.05) is 5.69 Å². The van der Waals surface area contributed by atoms with Gasteiger partial charge in [-0.05, 0) is 48.5 Å². The number of pyridine rings is 1. The topological polar surface area (TPSA) is 63.2 Å². The van der Waals surface area contributed by atoms with Gasteiger partial charge >= 0.3 is 6.18 Å². The lowest BCUT2D eigenvalue weighted by Gasteiger charge is -2.11. The molecule has 0 fully saturated rings. The predicted octanol–water partition coefficient (Wildman–Crippen LogP) is 5.10. The Balaban J connectivity index is 1.67. The van der Waals surface area contributed by atoms with Gasteiger partial charge in [0.25, 0.3) is 5.91 Å². The van der Waals surface area contributed by atoms with Gasteiger partial charge in [-0.3, -0.25) is 4.79 Å². The van der Waals surface area contributed by atoms with Crippen LogP contribution in [0.1, 0.15) is 16.1 Å². The van der Waals surface area contributed by atoms with Gasteiger partial charge in [-0.25, -0.2) is 4.98 Å². The number of nitrogens with one attached hydrogen (secondary N) is 2. The van der Waals surface area contributed by atoms with Crippen LogP contribution in [0.4, 0.5) is 30.2 Å². The zero-order valence-corrected chi connectivity index (χ0v) is 14.7. The lowest BCUT2D eigenvalue weighted by atomic mass is 10.2. The molecule has 0 aliphatic heterocycles. The molecule has 0 aliphatic rings. The minimum Gasteiger partial charge on any atom is -0.495 e. The highest BCUT2D eigenvalue weighted by atomic mass is 19.4. The molecule has 8 heteroatoms. The van der Waals surface area contributed by atoms with Crippen LogP contribution >= 0.6 is 0 Å². The van der Waals surface area contributed by atoms with Crippen molar-refractivity contribution in [1.82, 2.24) is 4.98 Å². The van der Waals surface area contributed by atoms with Gasteiger partial charge in [-0.2, -0.15) is 13.2 Å². The molecule has 1 aromatic heterocycles. The van der Waals surface area contributed by atoms with E-state index >= 15 is 0 Å². The summed E-state index contributed by atoms with van der Waals surface area (Å²) >= 11 is 0. The van der Waals surface area contributed by atoms with Crippen molar-refractivity contribution in [2.24, 2.45) is 0 Å². The number of aromatic nitrogens is 1. The Bertz CT molecular complexity index is 956. The molecular formula is C20H16F3N3O2. The normalized spacial score (nSPS) is 11.0. The molecular weight excluding hydrogens is 371 g/mol. The van der Waals surface area contributed by atoms with E-state index in [4.69, 9.17) is 4.74 Å². The second-order valence-electron chi connectivity index (χ2n) is 5.79. The summed E-state index contributed by atoms with van der Waals surface area (Å²) in [4.78, 5) is 16.3. The largest absolute Gasteiger partial charge is 0.495 e. The summed E-state index contributed by atoms with van der Waals surface area (Å²) in [5.41, 5.74) is 0.987. The van der Waals surface area contributed by atoms with E-state index in [9.17, 15) is 18.0 Å². The standard InChI is InChI=1S/C20H16F3N3O2/c1-28-18-5-3-2-4-16(18)25-15-10-11-17(24-12-15)19(27)26-14-8-6-13(7-9-14)20(21,22)23/h2-12,25H,1H3,(H,26,27). The van der Waals surface area contributed by atoms with Crippen molar-refractivity contribution in [3.8, 4) is 5.75 Å². The van der Waals surface area contributed by atoms with E-state index in [1.807, 2.05) is 24.3 Å². The fourth-order valence-corrected chi connectivity index (χ4v) is 2.44. The second-order valence-corrected chi connectivity index (χ2v) is 5.79. The number of carbonyl (C=O) groups is 1. The number of para-hydroxylation sites is 2. The number of hydrogen-bond acceptors (Lipinski definition) is 4. The highest BCUT2D eigenvalue weighted by Gasteiger charge is 2.30. The van der Waals surface area contributed by atoms with Crippen LogP contribution in [0, 0.1) is 0 Å². The number of ether oxygens (including phenoxy) is 1. The summed E-state index contributed by atoms with van der Waals surface area (Å²) in [7, 11) is 1.56. The summed E-state index contributed by atoms with van der Waals surface area (Å²) in [6, 6.07) is 14.7. The Morgan fingerprint density at radius 2 is 1.64 bits per heavy atom. The molecule has 1 heterocycles. The van der Waals surface area contributed by atoms with Gasteiger partial charge in [0.05, 0.1) is 30.2 Å². The summed E-state index contributed by atoms with van der Waals surface area (Å²) < 4.78 is 43.0. The monoisotopic (exact) mass is 387 g/mol. The molecule has 28 heavy (non-hydrogen) atoms. The van der Waals surface area contributed by atoms with Gasteiger partial charge in [-0.1, -0.05) is 12.1 Å². The van der Waals surface area contributed by atoms with Gasteiger partial charge in [0.15, 0.2) is 0 Å². The van der Waals surface area contributed by atoms with Gasteiger partial charge in [0.1, 0.15) is 11.4 Å². The number of benzene rings is 2. The van der Waals surface area contributed by atoms with Crippen LogP contribution in [0.5, 0.6) is 5.75 Å². The highest BCUT2D eigenvalue weighted by Crippen LogP contribution is 2.30. The average molecular weight is 387 g/mol. The Morgan fingerprint density at radius 1 is 0.964 bits per heavy atom. The third-order valence-electron chi connectivity index (χ3n) is 3.85. The van der Waals surface area contributed by atoms with Crippen LogP contribution in [0.2, 0.25) is 0 Å². The quantitative estimate of drug-likeness (QED) is 0.639. The average Bonchev–Trinajstić information content (AvgIpc) is 2.68. The van der Waals surface area contributed by atoms with Crippen molar-refractivity contribution < 1.29 is 22.7 Å². The van der Waals surface area contributed by atoms with Crippen molar-refractivity contribution in [3.63, 3.8) is 0 Å². The smallest absolute Gasteiger partial charge is 0.416 e. The first-order valence-corrected chi connectivity index (χ1v) is 8.21. The molecule has 0 spiro atoms. The maximum absolute atomic E-state index is 12.6. The number of anilines is 3. The summed E-state index contributed by atoms with van der Waals surface area (Å²) in [6.07, 6.45) is -2.94. The fourth-order valence-electron chi connectivity index (χ4n) is 2.44. The van der Waals surface area contributed by atoms with E-state index in [1.165, 1.54) is 24.4 Å². The molecule has 0 aliphatic carbocycles. The van der Waals surface area contributed by atoms with E-state index < -0.39 is 17.6 Å². The summed E-state index contributed by atoms with van der Waals surface area (Å²) in [5.74, 6) is 0.134. The van der Waals surface area contributed by atoms with Gasteiger partial charge in [-0.15, -0.1) is 0 Å². The minimum atomic E-state index is -4.42. The van der Waals surface area contributed by atoms with Crippen molar-refractivity contribution in [3.05, 3.63) is 78.1 Å². The SMILES string of the molecule is COc1ccccc1Nc1ccc(C(=O)Nc2ccc(C(F)(F)F)cc2)nc1. The molecule has 0 saturated carbocycles. The first kappa shape index (κ1) is 19.2. The van der Waals surface area contributed by atoms with Crippen LogP contribution in [-0.2, 0) is 6.18 Å². The minimum absolute atomic E-state index is 0.130. The van der Waals surface area contributed by atoms with Crippen LogP contribution in [0.15, 0.2) is 66.9 Å². The molecule has 0 radical (unpaired) electrons. The Morgan fingerprint density at radius 3 is 2.25 bits per heavy atom. The summed E-state index contributed by atoms with van der Waals surface area (Å²) in [5, 5.41) is 5.65. The predicted molar refractivity (Wildman–Crippen MR) is 99.9 cm³/mol. The number of rotatable bonds is 5. The number of methoxy groups -OCH3 is 1. The number of alkyl halides is 3. The van der Waals surface area contributed by atoms with E-state index in [0.29, 0.717) is 11.4 Å². The van der Waals surface area contributed by atoms with Crippen molar-refractivity contribution in [2.45, 2.75) is 6.18 Å². The molecule has 2 N–H and O–H groups in total. The van der Waals surface area contributed by atoms with Crippen LogP contribution in [0.25, 0.3) is 0 Å². The van der Waals surface area contributed by atoms with E-state index in [-0.39, 0.29) is 11.4 Å². The number of hydrogen-bond donors (Lipinski definition) is 2. The molecule has 144 valence electrons. The molecule has 0 atom stereocenters. The van der Waals surface area contributed by atoms with Crippen LogP contribution < -0.4 is 15.4 Å². The lowest BCUT2D eigenvalue weighted by Crippen LogP contribution is -2.14. The van der Waals surface area contributed by atoms with Crippen LogP contribution in [0.3, 0.4) is 0 Å². The van der Waals surface area contributed by atoms with Crippen LogP contribution in [-0.4, -0.2) is 18.0 Å². The molecule has 1 amide bonds. The van der Waals surface area contributed by atoms with Crippen molar-refractivity contribution in [2.75, 3.05) is 17.7 Å². The second kappa shape index (κ2) is 7.99. The third kappa shape index (κ3) is 4.59. The number of amides is 1. The number of carbonyl (C=O) groups excluding carboxylic acids is 1. The number of nitrogens with zero attached hydrogens (tertiary/aromatic N) is 1. The third-order valence-corrected chi connectivity index (χ3v) is 3.85. The molecule has 5 nitrogen and oxygen atoms in total. The van der Waals surface area contributed by atoms with E-state index in [1.54, 1.807) is 13.2 Å². The van der Waals surface area contributed by atoms with Gasteiger partial charge < -0.3 is 15.4 Å². The van der Waals surface area contributed by atoms with E-state index in [0.717, 1.165) is 17.8 Å².